The number of likely N-dealkylation sites (tertiary alicyclic amines) is 1. The SMILES string of the molecule is Cc1ccc(C)c(C(O)=C2C(=O)C(=O)N(CCC[NH+](C)C)[C@@H]2c2ccccc2F)c1. The summed E-state index contributed by atoms with van der Waals surface area (Å²) in [5, 5.41) is 11.1. The highest BCUT2D eigenvalue weighted by atomic mass is 19.1. The predicted octanol–water partition coefficient (Wildman–Crippen LogP) is 2.40. The molecule has 158 valence electrons. The maximum atomic E-state index is 14.7. The van der Waals surface area contributed by atoms with E-state index in [1.54, 1.807) is 24.3 Å². The molecule has 1 aliphatic rings. The third kappa shape index (κ3) is 4.14. The lowest BCUT2D eigenvalue weighted by Crippen LogP contribution is -3.05. The van der Waals surface area contributed by atoms with E-state index in [1.807, 2.05) is 40.1 Å². The van der Waals surface area contributed by atoms with Crippen LogP contribution in [0.4, 0.5) is 4.39 Å². The van der Waals surface area contributed by atoms with Gasteiger partial charge in [0.15, 0.2) is 0 Å². The Balaban J connectivity index is 2.16. The molecule has 30 heavy (non-hydrogen) atoms. The van der Waals surface area contributed by atoms with E-state index in [-0.39, 0.29) is 16.9 Å². The van der Waals surface area contributed by atoms with Crippen molar-refractivity contribution in [1.29, 1.82) is 0 Å². The van der Waals surface area contributed by atoms with E-state index in [0.29, 0.717) is 18.5 Å². The Morgan fingerprint density at radius 2 is 1.83 bits per heavy atom. The number of ketones is 1. The third-order valence-electron chi connectivity index (χ3n) is 5.46. The van der Waals surface area contributed by atoms with Crippen LogP contribution in [0.5, 0.6) is 0 Å². The van der Waals surface area contributed by atoms with E-state index in [0.717, 1.165) is 17.7 Å². The van der Waals surface area contributed by atoms with Gasteiger partial charge in [0, 0.05) is 24.1 Å². The zero-order valence-corrected chi connectivity index (χ0v) is 17.8. The standard InChI is InChI=1S/C24H27FN2O3/c1-15-10-11-16(2)18(14-15)22(28)20-21(17-8-5-6-9-19(17)25)27(24(30)23(20)29)13-7-12-26(3)4/h5-6,8-11,14,21,28H,7,12-13H2,1-4H3/p+1/t21-/m1/s1. The summed E-state index contributed by atoms with van der Waals surface area (Å²) in [6.07, 6.45) is 0.657. The summed E-state index contributed by atoms with van der Waals surface area (Å²) >= 11 is 0. The number of nitrogens with zero attached hydrogens (tertiary/aromatic N) is 1. The molecule has 3 rings (SSSR count). The Morgan fingerprint density at radius 1 is 1.13 bits per heavy atom. The molecule has 0 saturated carbocycles. The van der Waals surface area contributed by atoms with Gasteiger partial charge in [0.25, 0.3) is 11.7 Å². The minimum atomic E-state index is -0.955. The topological polar surface area (TPSA) is 62.0 Å². The van der Waals surface area contributed by atoms with Gasteiger partial charge >= 0.3 is 0 Å². The van der Waals surface area contributed by atoms with Crippen LogP contribution in [0.1, 0.15) is 34.7 Å². The number of carbonyl (C=O) groups is 2. The van der Waals surface area contributed by atoms with Crippen LogP contribution < -0.4 is 4.90 Å². The predicted molar refractivity (Wildman–Crippen MR) is 114 cm³/mol. The summed E-state index contributed by atoms with van der Waals surface area (Å²) in [6.45, 7) is 4.80. The van der Waals surface area contributed by atoms with Crippen molar-refractivity contribution in [3.8, 4) is 0 Å². The average molecular weight is 411 g/mol. The van der Waals surface area contributed by atoms with Crippen molar-refractivity contribution >= 4 is 17.4 Å². The molecule has 0 spiro atoms. The number of quaternary nitrogens is 1. The van der Waals surface area contributed by atoms with Crippen molar-refractivity contribution in [3.63, 3.8) is 0 Å². The summed E-state index contributed by atoms with van der Waals surface area (Å²) in [6, 6.07) is 10.7. The first-order chi connectivity index (χ1) is 14.2. The molecule has 1 atom stereocenters. The molecule has 5 nitrogen and oxygen atoms in total. The number of hydrogen-bond donors (Lipinski definition) is 2. The molecule has 1 heterocycles. The van der Waals surface area contributed by atoms with Crippen LogP contribution in [-0.4, -0.2) is 48.9 Å². The molecule has 0 radical (unpaired) electrons. The van der Waals surface area contributed by atoms with Crippen molar-refractivity contribution in [3.05, 3.63) is 76.1 Å². The van der Waals surface area contributed by atoms with Gasteiger partial charge < -0.3 is 14.9 Å². The Labute approximate surface area is 176 Å². The first-order valence-electron chi connectivity index (χ1n) is 10.1. The van der Waals surface area contributed by atoms with Crippen LogP contribution in [0.15, 0.2) is 48.0 Å². The van der Waals surface area contributed by atoms with E-state index in [1.165, 1.54) is 15.9 Å². The zero-order chi connectivity index (χ0) is 22.0. The normalized spacial score (nSPS) is 18.5. The zero-order valence-electron chi connectivity index (χ0n) is 17.8. The van der Waals surface area contributed by atoms with Crippen LogP contribution in [0.3, 0.4) is 0 Å². The molecule has 1 aliphatic heterocycles. The van der Waals surface area contributed by atoms with E-state index in [2.05, 4.69) is 0 Å². The van der Waals surface area contributed by atoms with Crippen molar-refractivity contribution < 1.29 is 24.0 Å². The molecule has 2 aromatic carbocycles. The van der Waals surface area contributed by atoms with Gasteiger partial charge in [-0.25, -0.2) is 4.39 Å². The molecular formula is C24H28FN2O3+. The summed E-state index contributed by atoms with van der Waals surface area (Å²) in [5.41, 5.74) is 2.31. The number of benzene rings is 2. The number of nitrogens with one attached hydrogen (secondary N) is 1. The van der Waals surface area contributed by atoms with Gasteiger partial charge in [-0.2, -0.15) is 0 Å². The second kappa shape index (κ2) is 8.79. The first-order valence-corrected chi connectivity index (χ1v) is 10.1. The lowest BCUT2D eigenvalue weighted by molar-refractivity contribution is -0.858. The minimum absolute atomic E-state index is 0.0593. The van der Waals surface area contributed by atoms with Gasteiger partial charge in [0.1, 0.15) is 11.6 Å². The van der Waals surface area contributed by atoms with Crippen LogP contribution in [0, 0.1) is 19.7 Å². The summed E-state index contributed by atoms with van der Waals surface area (Å²) in [7, 11) is 4.01. The molecule has 0 aromatic heterocycles. The Morgan fingerprint density at radius 3 is 2.50 bits per heavy atom. The molecule has 0 bridgehead atoms. The Kier molecular flexibility index (Phi) is 6.37. The van der Waals surface area contributed by atoms with E-state index in [9.17, 15) is 19.1 Å². The van der Waals surface area contributed by atoms with Gasteiger partial charge in [-0.3, -0.25) is 9.59 Å². The number of halogens is 1. The number of Topliss-reactive ketones (excluding diaryl/α,β-unsaturated/α-hetero) is 1. The highest BCUT2D eigenvalue weighted by Crippen LogP contribution is 2.40. The molecule has 1 saturated heterocycles. The monoisotopic (exact) mass is 411 g/mol. The lowest BCUT2D eigenvalue weighted by atomic mass is 9.93. The van der Waals surface area contributed by atoms with Crippen molar-refractivity contribution in [2.24, 2.45) is 0 Å². The maximum absolute atomic E-state index is 14.7. The van der Waals surface area contributed by atoms with Crippen molar-refractivity contribution in [2.45, 2.75) is 26.3 Å². The van der Waals surface area contributed by atoms with Crippen LogP contribution >= 0.6 is 0 Å². The number of carbonyl (C=O) groups excluding carboxylic acids is 2. The highest BCUT2D eigenvalue weighted by molar-refractivity contribution is 6.46. The number of amides is 1. The van der Waals surface area contributed by atoms with Gasteiger partial charge in [-0.1, -0.05) is 35.9 Å². The molecule has 1 amide bonds. The highest BCUT2D eigenvalue weighted by Gasteiger charge is 2.46. The van der Waals surface area contributed by atoms with Crippen LogP contribution in [0.25, 0.3) is 5.76 Å². The second-order valence-electron chi connectivity index (χ2n) is 8.14. The summed E-state index contributed by atoms with van der Waals surface area (Å²) in [5.74, 6) is -2.26. The van der Waals surface area contributed by atoms with Gasteiger partial charge in [-0.05, 0) is 31.5 Å². The average Bonchev–Trinajstić information content (AvgIpc) is 2.94. The number of rotatable bonds is 6. The molecule has 6 heteroatoms. The lowest BCUT2D eigenvalue weighted by Gasteiger charge is -2.26. The van der Waals surface area contributed by atoms with E-state index in [4.69, 9.17) is 0 Å². The Hall–Kier alpha value is -2.99. The maximum Gasteiger partial charge on any atom is 0.295 e. The molecule has 0 aliphatic carbocycles. The van der Waals surface area contributed by atoms with Crippen LogP contribution in [-0.2, 0) is 9.59 Å². The Bertz CT molecular complexity index is 1010. The third-order valence-corrected chi connectivity index (χ3v) is 5.46. The summed E-state index contributed by atoms with van der Waals surface area (Å²) in [4.78, 5) is 28.5. The van der Waals surface area contributed by atoms with E-state index >= 15 is 0 Å². The largest absolute Gasteiger partial charge is 0.507 e. The molecule has 0 unspecified atom stereocenters. The molecule has 2 N–H and O–H groups in total. The van der Waals surface area contributed by atoms with Crippen molar-refractivity contribution in [2.75, 3.05) is 27.2 Å². The van der Waals surface area contributed by atoms with Crippen molar-refractivity contribution in [1.82, 2.24) is 4.90 Å². The molecular weight excluding hydrogens is 383 g/mol. The number of aryl methyl sites for hydroxylation is 2. The quantitative estimate of drug-likeness (QED) is 0.436. The van der Waals surface area contributed by atoms with E-state index < -0.39 is 23.5 Å². The second-order valence-corrected chi connectivity index (χ2v) is 8.14. The van der Waals surface area contributed by atoms with Crippen LogP contribution in [0.2, 0.25) is 0 Å². The fourth-order valence-corrected chi connectivity index (χ4v) is 3.87. The molecule has 1 fully saturated rings. The molecule has 2 aromatic rings. The van der Waals surface area contributed by atoms with Gasteiger partial charge in [-0.15, -0.1) is 0 Å². The number of aliphatic hydroxyl groups is 1. The summed E-state index contributed by atoms with van der Waals surface area (Å²) < 4.78 is 14.7. The minimum Gasteiger partial charge on any atom is -0.507 e. The fourth-order valence-electron chi connectivity index (χ4n) is 3.87. The van der Waals surface area contributed by atoms with Gasteiger partial charge in [0.05, 0.1) is 32.3 Å². The smallest absolute Gasteiger partial charge is 0.295 e. The van der Waals surface area contributed by atoms with Gasteiger partial charge in [0.2, 0.25) is 0 Å². The fraction of sp³-hybridized carbons (Fsp3) is 0.333. The number of aliphatic hydroxyl groups excluding tert-OH is 1. The first kappa shape index (κ1) is 21.7. The number of hydrogen-bond acceptors (Lipinski definition) is 3.